The first-order chi connectivity index (χ1) is 10.7. The van der Waals surface area contributed by atoms with Crippen molar-refractivity contribution in [1.29, 1.82) is 0 Å². The summed E-state index contributed by atoms with van der Waals surface area (Å²) in [7, 11) is 0. The summed E-state index contributed by atoms with van der Waals surface area (Å²) in [5, 5.41) is 14.0. The number of carbonyl (C=O) groups is 1. The maximum atomic E-state index is 11.9. The van der Waals surface area contributed by atoms with Gasteiger partial charge < -0.3 is 9.84 Å². The summed E-state index contributed by atoms with van der Waals surface area (Å²) in [4.78, 5) is 13.8. The number of carboxylic acids is 1. The maximum absolute atomic E-state index is 11.9. The summed E-state index contributed by atoms with van der Waals surface area (Å²) in [5.74, 6) is -0.848. The fourth-order valence-corrected chi connectivity index (χ4v) is 2.82. The minimum atomic E-state index is -0.848. The lowest BCUT2D eigenvalue weighted by atomic mass is 10.0. The molecule has 1 atom stereocenters. The molecule has 6 nitrogen and oxygen atoms in total. The topological polar surface area (TPSA) is 67.6 Å². The van der Waals surface area contributed by atoms with Crippen LogP contribution in [-0.4, -0.2) is 52.1 Å². The Labute approximate surface area is 128 Å². The van der Waals surface area contributed by atoms with Gasteiger partial charge in [0.2, 0.25) is 0 Å². The van der Waals surface area contributed by atoms with Crippen molar-refractivity contribution in [2.75, 3.05) is 26.3 Å². The van der Waals surface area contributed by atoms with Crippen molar-refractivity contribution in [3.8, 4) is 5.69 Å². The van der Waals surface area contributed by atoms with Crippen LogP contribution in [0.1, 0.15) is 17.2 Å². The first-order valence-corrected chi connectivity index (χ1v) is 7.32. The molecular formula is C16H19N3O3. The average molecular weight is 301 g/mol. The molecule has 0 saturated carbocycles. The number of nitrogens with zero attached hydrogens (tertiary/aromatic N) is 3. The number of aryl methyl sites for hydroxylation is 1. The van der Waals surface area contributed by atoms with Crippen molar-refractivity contribution in [2.45, 2.75) is 13.0 Å². The Morgan fingerprint density at radius 1 is 1.36 bits per heavy atom. The number of hydrogen-bond acceptors (Lipinski definition) is 4. The molecular weight excluding hydrogens is 282 g/mol. The van der Waals surface area contributed by atoms with Crippen molar-refractivity contribution >= 4 is 5.97 Å². The van der Waals surface area contributed by atoms with Gasteiger partial charge in [-0.05, 0) is 24.6 Å². The van der Waals surface area contributed by atoms with Crippen LogP contribution < -0.4 is 0 Å². The van der Waals surface area contributed by atoms with Gasteiger partial charge in [-0.15, -0.1) is 0 Å². The molecule has 2 heterocycles. The van der Waals surface area contributed by atoms with Crippen LogP contribution in [0.5, 0.6) is 0 Å². The highest BCUT2D eigenvalue weighted by molar-refractivity contribution is 5.77. The first-order valence-electron chi connectivity index (χ1n) is 7.32. The van der Waals surface area contributed by atoms with Crippen molar-refractivity contribution in [2.24, 2.45) is 0 Å². The molecule has 3 rings (SSSR count). The Morgan fingerprint density at radius 2 is 2.14 bits per heavy atom. The zero-order chi connectivity index (χ0) is 15.5. The number of aromatic nitrogens is 2. The highest BCUT2D eigenvalue weighted by atomic mass is 16.5. The molecule has 0 amide bonds. The standard InChI is InChI=1S/C16H19N3O3/c1-12-3-4-13(14(11-12)19-6-2-5-17-19)15(16(20)21)18-7-9-22-10-8-18/h2-6,11,15H,7-10H2,1H3,(H,20,21)/t15-/m1/s1. The number of hydrogen-bond donors (Lipinski definition) is 1. The minimum Gasteiger partial charge on any atom is -0.480 e. The van der Waals surface area contributed by atoms with E-state index in [2.05, 4.69) is 5.10 Å². The van der Waals surface area contributed by atoms with Gasteiger partial charge in [-0.25, -0.2) is 4.68 Å². The molecule has 116 valence electrons. The highest BCUT2D eigenvalue weighted by Gasteiger charge is 2.31. The highest BCUT2D eigenvalue weighted by Crippen LogP contribution is 2.28. The first kappa shape index (κ1) is 14.7. The van der Waals surface area contributed by atoms with Gasteiger partial charge in [-0.3, -0.25) is 9.69 Å². The summed E-state index contributed by atoms with van der Waals surface area (Å²) in [6, 6.07) is 6.94. The van der Waals surface area contributed by atoms with E-state index in [1.807, 2.05) is 42.3 Å². The molecule has 0 bridgehead atoms. The van der Waals surface area contributed by atoms with E-state index in [0.717, 1.165) is 16.8 Å². The van der Waals surface area contributed by atoms with Gasteiger partial charge in [-0.1, -0.05) is 12.1 Å². The SMILES string of the molecule is Cc1ccc([C@H](C(=O)O)N2CCOCC2)c(-n2cccn2)c1. The van der Waals surface area contributed by atoms with Crippen LogP contribution in [0.2, 0.25) is 0 Å². The van der Waals surface area contributed by atoms with E-state index in [4.69, 9.17) is 4.74 Å². The maximum Gasteiger partial charge on any atom is 0.325 e. The van der Waals surface area contributed by atoms with Crippen LogP contribution >= 0.6 is 0 Å². The summed E-state index contributed by atoms with van der Waals surface area (Å²) in [6.07, 6.45) is 3.52. The fraction of sp³-hybridized carbons (Fsp3) is 0.375. The lowest BCUT2D eigenvalue weighted by Crippen LogP contribution is -2.42. The Hall–Kier alpha value is -2.18. The number of aliphatic carboxylic acids is 1. The van der Waals surface area contributed by atoms with E-state index in [1.165, 1.54) is 0 Å². The van der Waals surface area contributed by atoms with E-state index < -0.39 is 12.0 Å². The normalized spacial score (nSPS) is 17.3. The lowest BCUT2D eigenvalue weighted by Gasteiger charge is -2.33. The number of carboxylic acid groups (broad SMARTS) is 1. The van der Waals surface area contributed by atoms with Crippen LogP contribution in [0.15, 0.2) is 36.7 Å². The number of rotatable bonds is 4. The second-order valence-corrected chi connectivity index (χ2v) is 5.40. The van der Waals surface area contributed by atoms with E-state index in [-0.39, 0.29) is 0 Å². The molecule has 22 heavy (non-hydrogen) atoms. The van der Waals surface area contributed by atoms with Crippen LogP contribution in [0.25, 0.3) is 5.69 Å². The van der Waals surface area contributed by atoms with Gasteiger partial charge in [0.15, 0.2) is 0 Å². The van der Waals surface area contributed by atoms with Gasteiger partial charge in [0.25, 0.3) is 0 Å². The quantitative estimate of drug-likeness (QED) is 0.930. The predicted molar refractivity (Wildman–Crippen MR) is 81.1 cm³/mol. The molecule has 6 heteroatoms. The van der Waals surface area contributed by atoms with Gasteiger partial charge in [0.1, 0.15) is 6.04 Å². The van der Waals surface area contributed by atoms with Gasteiger partial charge in [-0.2, -0.15) is 5.10 Å². The lowest BCUT2D eigenvalue weighted by molar-refractivity contribution is -0.145. The number of benzene rings is 1. The third-order valence-corrected chi connectivity index (χ3v) is 3.88. The van der Waals surface area contributed by atoms with Crippen molar-refractivity contribution < 1.29 is 14.6 Å². The third kappa shape index (κ3) is 2.88. The summed E-state index contributed by atoms with van der Waals surface area (Å²) in [5.41, 5.74) is 2.63. The molecule has 2 aromatic rings. The molecule has 1 aliphatic heterocycles. The Morgan fingerprint density at radius 3 is 2.77 bits per heavy atom. The van der Waals surface area contributed by atoms with Crippen molar-refractivity contribution in [1.82, 2.24) is 14.7 Å². The van der Waals surface area contributed by atoms with Crippen molar-refractivity contribution in [3.05, 3.63) is 47.8 Å². The fourth-order valence-electron chi connectivity index (χ4n) is 2.82. The van der Waals surface area contributed by atoms with Gasteiger partial charge in [0.05, 0.1) is 18.9 Å². The van der Waals surface area contributed by atoms with E-state index >= 15 is 0 Å². The number of ether oxygens (including phenoxy) is 1. The molecule has 1 aromatic heterocycles. The van der Waals surface area contributed by atoms with Crippen LogP contribution in [0.4, 0.5) is 0 Å². The van der Waals surface area contributed by atoms with E-state index in [1.54, 1.807) is 10.9 Å². The molecule has 1 aliphatic rings. The second-order valence-electron chi connectivity index (χ2n) is 5.40. The zero-order valence-corrected chi connectivity index (χ0v) is 12.5. The molecule has 1 N–H and O–H groups in total. The summed E-state index contributed by atoms with van der Waals surface area (Å²) < 4.78 is 7.06. The summed E-state index contributed by atoms with van der Waals surface area (Å²) >= 11 is 0. The van der Waals surface area contributed by atoms with Crippen molar-refractivity contribution in [3.63, 3.8) is 0 Å². The second kappa shape index (κ2) is 6.29. The molecule has 0 unspecified atom stereocenters. The molecule has 0 spiro atoms. The van der Waals surface area contributed by atoms with E-state index in [0.29, 0.717) is 26.3 Å². The monoisotopic (exact) mass is 301 g/mol. The molecule has 1 fully saturated rings. The van der Waals surface area contributed by atoms with Gasteiger partial charge >= 0.3 is 5.97 Å². The van der Waals surface area contributed by atoms with E-state index in [9.17, 15) is 9.90 Å². The Kier molecular flexibility index (Phi) is 4.22. The molecule has 1 saturated heterocycles. The largest absolute Gasteiger partial charge is 0.480 e. The zero-order valence-electron chi connectivity index (χ0n) is 12.5. The minimum absolute atomic E-state index is 0.562. The van der Waals surface area contributed by atoms with Crippen LogP contribution in [0, 0.1) is 6.92 Å². The Balaban J connectivity index is 2.06. The number of morpholine rings is 1. The predicted octanol–water partition coefficient (Wildman–Crippen LogP) is 1.64. The Bertz CT molecular complexity index is 649. The smallest absolute Gasteiger partial charge is 0.325 e. The molecule has 0 aliphatic carbocycles. The van der Waals surface area contributed by atoms with Crippen LogP contribution in [-0.2, 0) is 9.53 Å². The van der Waals surface area contributed by atoms with Gasteiger partial charge in [0, 0.05) is 31.0 Å². The molecule has 1 aromatic carbocycles. The van der Waals surface area contributed by atoms with Crippen LogP contribution in [0.3, 0.4) is 0 Å². The molecule has 0 radical (unpaired) electrons. The summed E-state index contributed by atoms with van der Waals surface area (Å²) in [6.45, 7) is 4.34. The average Bonchev–Trinajstić information content (AvgIpc) is 3.04. The third-order valence-electron chi connectivity index (χ3n) is 3.88.